The van der Waals surface area contributed by atoms with E-state index < -0.39 is 6.10 Å². The number of unbranched alkanes of at least 4 members (excludes halogenated alkanes) is 26. The molecule has 0 aromatic rings. The lowest BCUT2D eigenvalue weighted by Gasteiger charge is -2.18. The minimum atomic E-state index is -0.799. The van der Waals surface area contributed by atoms with Gasteiger partial charge in [-0.15, -0.1) is 0 Å². The molecule has 0 aliphatic heterocycles. The van der Waals surface area contributed by atoms with E-state index in [1.807, 2.05) is 0 Å². The molecule has 0 saturated heterocycles. The van der Waals surface area contributed by atoms with E-state index in [-0.39, 0.29) is 31.1 Å². The third-order valence-electron chi connectivity index (χ3n) is 12.5. The van der Waals surface area contributed by atoms with Gasteiger partial charge in [-0.1, -0.05) is 234 Å². The predicted molar refractivity (Wildman–Crippen MR) is 307 cm³/mol. The molecule has 0 bridgehead atoms. The lowest BCUT2D eigenvalue weighted by Crippen LogP contribution is -2.30. The minimum Gasteiger partial charge on any atom is -0.462 e. The van der Waals surface area contributed by atoms with Crippen LogP contribution in [0.1, 0.15) is 278 Å². The normalized spacial score (nSPS) is 12.8. The van der Waals surface area contributed by atoms with Crippen molar-refractivity contribution in [3.05, 3.63) is 97.2 Å². The smallest absolute Gasteiger partial charge is 0.306 e. The largest absolute Gasteiger partial charge is 0.462 e. The van der Waals surface area contributed by atoms with Gasteiger partial charge in [0.2, 0.25) is 0 Å². The zero-order valence-corrected chi connectivity index (χ0v) is 46.5. The average Bonchev–Trinajstić information content (AvgIpc) is 3.37. The van der Waals surface area contributed by atoms with Crippen LogP contribution in [0.3, 0.4) is 0 Å². The fraction of sp³-hybridized carbons (Fsp3) is 0.708. The minimum absolute atomic E-state index is 0.0946. The second-order valence-electron chi connectivity index (χ2n) is 19.5. The molecule has 0 spiro atoms. The van der Waals surface area contributed by atoms with E-state index >= 15 is 0 Å². The second-order valence-corrected chi connectivity index (χ2v) is 19.5. The molecule has 6 heteroatoms. The predicted octanol–water partition coefficient (Wildman–Crippen LogP) is 20.1. The molecule has 0 rings (SSSR count). The molecule has 1 unspecified atom stereocenters. The van der Waals surface area contributed by atoms with Gasteiger partial charge in [0.15, 0.2) is 6.10 Å². The maximum atomic E-state index is 12.9. The topological polar surface area (TPSA) is 78.9 Å². The molecule has 0 radical (unpaired) electrons. The Labute approximate surface area is 438 Å². The first-order valence-electron chi connectivity index (χ1n) is 29.7. The van der Waals surface area contributed by atoms with E-state index in [4.69, 9.17) is 14.2 Å². The monoisotopic (exact) mass is 987 g/mol. The fourth-order valence-corrected chi connectivity index (χ4v) is 8.08. The van der Waals surface area contributed by atoms with E-state index in [9.17, 15) is 14.4 Å². The van der Waals surface area contributed by atoms with Gasteiger partial charge < -0.3 is 14.2 Å². The third-order valence-corrected chi connectivity index (χ3v) is 12.5. The second kappa shape index (κ2) is 58.9. The van der Waals surface area contributed by atoms with E-state index in [1.165, 1.54) is 122 Å². The Bertz CT molecular complexity index is 1410. The molecule has 0 aromatic heterocycles. The molecule has 0 heterocycles. The molecule has 0 fully saturated rings. The summed E-state index contributed by atoms with van der Waals surface area (Å²) in [5.41, 5.74) is 0. The van der Waals surface area contributed by atoms with Crippen molar-refractivity contribution in [2.75, 3.05) is 13.2 Å². The number of carbonyl (C=O) groups is 3. The average molecular weight is 988 g/mol. The van der Waals surface area contributed by atoms with Crippen molar-refractivity contribution in [2.45, 2.75) is 284 Å². The van der Waals surface area contributed by atoms with Crippen LogP contribution in [-0.2, 0) is 28.6 Å². The maximum Gasteiger partial charge on any atom is 0.306 e. The first-order chi connectivity index (χ1) is 35.0. The van der Waals surface area contributed by atoms with Gasteiger partial charge in [-0.2, -0.15) is 0 Å². The van der Waals surface area contributed by atoms with Crippen molar-refractivity contribution in [2.24, 2.45) is 0 Å². The van der Waals surface area contributed by atoms with Crippen LogP contribution in [0.2, 0.25) is 0 Å². The van der Waals surface area contributed by atoms with Gasteiger partial charge in [-0.3, -0.25) is 14.4 Å². The molecule has 406 valence electrons. The fourth-order valence-electron chi connectivity index (χ4n) is 8.08. The molecule has 0 aliphatic carbocycles. The molecule has 1 atom stereocenters. The van der Waals surface area contributed by atoms with E-state index in [1.54, 1.807) is 0 Å². The summed E-state index contributed by atoms with van der Waals surface area (Å²) in [6, 6.07) is 0. The van der Waals surface area contributed by atoms with Crippen LogP contribution in [0.4, 0.5) is 0 Å². The highest BCUT2D eigenvalue weighted by Crippen LogP contribution is 2.15. The highest BCUT2D eigenvalue weighted by atomic mass is 16.6. The SMILES string of the molecule is CC/C=C\C/C=C\C/C=C\CCCCCC(=O)OCC(COC(=O)CCCCCCCCCC/C=C\C/C=C\C/C=C\CCCCCCC)OC(=O)CCCCCCCCC/C=C\C/C=C\CCCCC. The molecule has 0 aliphatic rings. The third kappa shape index (κ3) is 57.1. The molecule has 0 aromatic carbocycles. The highest BCUT2D eigenvalue weighted by molar-refractivity contribution is 5.71. The van der Waals surface area contributed by atoms with Gasteiger partial charge in [0, 0.05) is 19.3 Å². The van der Waals surface area contributed by atoms with Gasteiger partial charge in [-0.25, -0.2) is 0 Å². The Hall–Kier alpha value is -3.67. The first-order valence-corrected chi connectivity index (χ1v) is 29.7. The maximum absolute atomic E-state index is 12.9. The lowest BCUT2D eigenvalue weighted by atomic mass is 10.1. The summed E-state index contributed by atoms with van der Waals surface area (Å²) in [6.07, 6.45) is 78.3. The van der Waals surface area contributed by atoms with E-state index in [0.29, 0.717) is 19.3 Å². The summed E-state index contributed by atoms with van der Waals surface area (Å²) in [4.78, 5) is 38.2. The Morgan fingerprint density at radius 1 is 0.296 bits per heavy atom. The summed E-state index contributed by atoms with van der Waals surface area (Å²) in [5, 5.41) is 0. The zero-order chi connectivity index (χ0) is 51.4. The number of hydrogen-bond donors (Lipinski definition) is 0. The van der Waals surface area contributed by atoms with Gasteiger partial charge in [0.25, 0.3) is 0 Å². The van der Waals surface area contributed by atoms with E-state index in [0.717, 1.165) is 116 Å². The van der Waals surface area contributed by atoms with Crippen LogP contribution in [0.5, 0.6) is 0 Å². The van der Waals surface area contributed by atoms with E-state index in [2.05, 4.69) is 118 Å². The number of ether oxygens (including phenoxy) is 3. The van der Waals surface area contributed by atoms with Crippen LogP contribution >= 0.6 is 0 Å². The number of esters is 3. The van der Waals surface area contributed by atoms with Crippen LogP contribution < -0.4 is 0 Å². The van der Waals surface area contributed by atoms with Crippen molar-refractivity contribution in [3.8, 4) is 0 Å². The van der Waals surface area contributed by atoms with Gasteiger partial charge in [0.05, 0.1) is 0 Å². The van der Waals surface area contributed by atoms with Gasteiger partial charge >= 0.3 is 17.9 Å². The quantitative estimate of drug-likeness (QED) is 0.0261. The molecule has 0 amide bonds. The summed E-state index contributed by atoms with van der Waals surface area (Å²) in [6.45, 7) is 6.46. The van der Waals surface area contributed by atoms with Gasteiger partial charge in [-0.05, 0) is 122 Å². The summed E-state index contributed by atoms with van der Waals surface area (Å²) in [7, 11) is 0. The number of hydrogen-bond acceptors (Lipinski definition) is 6. The Morgan fingerprint density at radius 2 is 0.549 bits per heavy atom. The van der Waals surface area contributed by atoms with Crippen LogP contribution in [-0.4, -0.2) is 37.2 Å². The molecule has 71 heavy (non-hydrogen) atoms. The first kappa shape index (κ1) is 67.3. The van der Waals surface area contributed by atoms with Crippen molar-refractivity contribution in [1.29, 1.82) is 0 Å². The van der Waals surface area contributed by atoms with Crippen LogP contribution in [0.15, 0.2) is 97.2 Å². The summed E-state index contributed by atoms with van der Waals surface area (Å²) in [5.74, 6) is -0.936. The highest BCUT2D eigenvalue weighted by Gasteiger charge is 2.19. The van der Waals surface area contributed by atoms with Crippen molar-refractivity contribution in [1.82, 2.24) is 0 Å². The van der Waals surface area contributed by atoms with Gasteiger partial charge in [0.1, 0.15) is 13.2 Å². The lowest BCUT2D eigenvalue weighted by molar-refractivity contribution is -0.167. The van der Waals surface area contributed by atoms with Crippen molar-refractivity contribution < 1.29 is 28.6 Å². The zero-order valence-electron chi connectivity index (χ0n) is 46.5. The number of allylic oxidation sites excluding steroid dienone is 16. The molecule has 6 nitrogen and oxygen atoms in total. The van der Waals surface area contributed by atoms with Crippen molar-refractivity contribution >= 4 is 17.9 Å². The standard InChI is InChI=1S/C65H110O6/c1-4-7-10-13-16-19-22-25-27-29-30-31-32-33-34-36-37-40-43-46-49-52-55-58-64(67)70-61-62(60-69-63(66)57-54-51-48-45-42-39-24-21-18-15-12-9-6-3)71-65(68)59-56-53-50-47-44-41-38-35-28-26-23-20-17-14-11-8-5-2/h9,12,17-18,20-22,25-26,28-30,32-33,39,42,62H,4-8,10-11,13-16,19,23-24,27,31,34-38,40-41,43-61H2,1-3H3/b12-9-,20-17-,21-18-,25-22-,28-26-,30-29-,33-32-,42-39-. The molecular formula is C65H110O6. The summed E-state index contributed by atoms with van der Waals surface area (Å²) < 4.78 is 16.8. The molecule has 0 saturated carbocycles. The van der Waals surface area contributed by atoms with Crippen LogP contribution in [0, 0.1) is 0 Å². The van der Waals surface area contributed by atoms with Crippen molar-refractivity contribution in [3.63, 3.8) is 0 Å². The Balaban J connectivity index is 4.39. The molecular weight excluding hydrogens is 877 g/mol. The Morgan fingerprint density at radius 3 is 0.901 bits per heavy atom. The number of carbonyl (C=O) groups excluding carboxylic acids is 3. The Kier molecular flexibility index (Phi) is 55.9. The molecule has 0 N–H and O–H groups in total. The number of rotatable bonds is 53. The summed E-state index contributed by atoms with van der Waals surface area (Å²) >= 11 is 0. The van der Waals surface area contributed by atoms with Crippen LogP contribution in [0.25, 0.3) is 0 Å².